The van der Waals surface area contributed by atoms with Crippen LogP contribution in [-0.4, -0.2) is 47.9 Å². The topological polar surface area (TPSA) is 118 Å². The van der Waals surface area contributed by atoms with Crippen LogP contribution in [-0.2, 0) is 4.74 Å². The Morgan fingerprint density at radius 2 is 2.27 bits per heavy atom. The molecule has 0 atom stereocenters. The molecule has 3 heterocycles. The van der Waals surface area contributed by atoms with Gasteiger partial charge in [-0.25, -0.2) is 0 Å². The first-order valence-electron chi connectivity index (χ1n) is 8.37. The van der Waals surface area contributed by atoms with Gasteiger partial charge in [-0.2, -0.15) is 5.26 Å². The number of nitrogens with one attached hydrogen (secondary N) is 3. The van der Waals surface area contributed by atoms with Gasteiger partial charge in [0.05, 0.1) is 17.0 Å². The first kappa shape index (κ1) is 17.9. The summed E-state index contributed by atoms with van der Waals surface area (Å²) in [7, 11) is 1.05. The normalized spacial score (nSPS) is 15.3. The van der Waals surface area contributed by atoms with Gasteiger partial charge in [-0.3, -0.25) is 4.98 Å². The maximum atomic E-state index is 9.47. The highest BCUT2D eigenvalue weighted by molar-refractivity contribution is 6.48. The monoisotopic (exact) mass is 348 g/mol. The summed E-state index contributed by atoms with van der Waals surface area (Å²) in [5.74, 6) is 0. The second-order valence-corrected chi connectivity index (χ2v) is 6.00. The Morgan fingerprint density at radius 3 is 2.96 bits per heavy atom. The number of nitrogens with zero attached hydrogens (tertiary/aromatic N) is 2. The van der Waals surface area contributed by atoms with Crippen LogP contribution in [0.4, 0.5) is 5.69 Å². The average Bonchev–Trinajstić information content (AvgIpc) is 3.15. The number of rotatable bonds is 6. The van der Waals surface area contributed by atoms with Crippen molar-refractivity contribution in [2.24, 2.45) is 0 Å². The van der Waals surface area contributed by atoms with E-state index in [9.17, 15) is 5.02 Å². The van der Waals surface area contributed by atoms with Gasteiger partial charge in [0.1, 0.15) is 6.07 Å². The largest absolute Gasteiger partial charge is 0.450 e. The summed E-state index contributed by atoms with van der Waals surface area (Å²) in [5, 5.41) is 29.0. The molecular formula is C18H19BN5O2. The standard InChI is InChI=1S/C18H19BN5O2/c20-9-12(10-21)7-14-1-2-16(24-14)18-8-17(15(19-25)11-22-18)23-13-3-5-26-6-4-13/h1-2,7-9,11,13,20,24-25H,3-6H2,(H,22,23)/b12-7+,20-9?. The summed E-state index contributed by atoms with van der Waals surface area (Å²) in [5.41, 5.74) is 3.93. The molecule has 1 aliphatic heterocycles. The molecule has 0 aliphatic carbocycles. The van der Waals surface area contributed by atoms with Crippen molar-refractivity contribution in [3.63, 3.8) is 0 Å². The molecule has 1 aliphatic rings. The van der Waals surface area contributed by atoms with E-state index < -0.39 is 0 Å². The summed E-state index contributed by atoms with van der Waals surface area (Å²) in [6.45, 7) is 1.46. The van der Waals surface area contributed by atoms with E-state index in [1.54, 1.807) is 12.3 Å². The van der Waals surface area contributed by atoms with Gasteiger partial charge in [0.2, 0.25) is 0 Å². The zero-order valence-corrected chi connectivity index (χ0v) is 14.2. The fraction of sp³-hybridized carbons (Fsp3) is 0.278. The van der Waals surface area contributed by atoms with E-state index in [2.05, 4.69) is 15.3 Å². The number of H-pyrrole nitrogens is 1. The van der Waals surface area contributed by atoms with Crippen molar-refractivity contribution in [3.8, 4) is 17.5 Å². The van der Waals surface area contributed by atoms with Crippen molar-refractivity contribution < 1.29 is 9.76 Å². The Kier molecular flexibility index (Phi) is 5.84. The van der Waals surface area contributed by atoms with E-state index in [0.29, 0.717) is 11.5 Å². The molecule has 26 heavy (non-hydrogen) atoms. The molecule has 0 amide bonds. The average molecular weight is 348 g/mol. The SMILES string of the molecule is N#C/C(C=N)=C/c1ccc(-c2cc(NC3CCOCC3)c([B]O)cn2)[nH]1. The minimum Gasteiger partial charge on any atom is -0.450 e. The predicted molar refractivity (Wildman–Crippen MR) is 101 cm³/mol. The van der Waals surface area contributed by atoms with Crippen LogP contribution in [0.3, 0.4) is 0 Å². The van der Waals surface area contributed by atoms with Gasteiger partial charge in [0.15, 0.2) is 0 Å². The van der Waals surface area contributed by atoms with E-state index in [1.807, 2.05) is 24.3 Å². The lowest BCUT2D eigenvalue weighted by Gasteiger charge is -2.25. The first-order valence-corrected chi connectivity index (χ1v) is 8.37. The lowest BCUT2D eigenvalue weighted by atomic mass is 9.88. The van der Waals surface area contributed by atoms with Crippen LogP contribution in [0, 0.1) is 16.7 Å². The van der Waals surface area contributed by atoms with E-state index in [1.165, 1.54) is 0 Å². The molecular weight excluding hydrogens is 329 g/mol. The van der Waals surface area contributed by atoms with Gasteiger partial charge in [-0.1, -0.05) is 0 Å². The number of pyridine rings is 1. The van der Waals surface area contributed by atoms with Crippen molar-refractivity contribution in [1.29, 1.82) is 10.7 Å². The molecule has 131 valence electrons. The number of aromatic amines is 1. The summed E-state index contributed by atoms with van der Waals surface area (Å²) < 4.78 is 5.38. The van der Waals surface area contributed by atoms with E-state index in [0.717, 1.165) is 62.5 Å². The minimum absolute atomic E-state index is 0.262. The van der Waals surface area contributed by atoms with Gasteiger partial charge < -0.3 is 25.5 Å². The third kappa shape index (κ3) is 4.20. The molecule has 1 fully saturated rings. The second-order valence-electron chi connectivity index (χ2n) is 6.00. The lowest BCUT2D eigenvalue weighted by molar-refractivity contribution is 0.0905. The number of hydrogen-bond acceptors (Lipinski definition) is 6. The van der Waals surface area contributed by atoms with Crippen molar-refractivity contribution in [2.45, 2.75) is 18.9 Å². The Hall–Kier alpha value is -2.89. The van der Waals surface area contributed by atoms with E-state index in [-0.39, 0.29) is 5.57 Å². The van der Waals surface area contributed by atoms with Crippen molar-refractivity contribution in [2.75, 3.05) is 18.5 Å². The molecule has 0 unspecified atom stereocenters. The van der Waals surface area contributed by atoms with Gasteiger partial charge in [0.25, 0.3) is 0 Å². The minimum atomic E-state index is 0.262. The molecule has 1 radical (unpaired) electrons. The fourth-order valence-electron chi connectivity index (χ4n) is 2.82. The van der Waals surface area contributed by atoms with Crippen LogP contribution in [0.1, 0.15) is 18.5 Å². The quantitative estimate of drug-likeness (QED) is 0.358. The smallest absolute Gasteiger partial charge is 0.330 e. The van der Waals surface area contributed by atoms with Crippen LogP contribution < -0.4 is 10.8 Å². The van der Waals surface area contributed by atoms with Crippen LogP contribution in [0.5, 0.6) is 0 Å². The number of allylic oxidation sites excluding steroid dienone is 1. The molecule has 4 N–H and O–H groups in total. The van der Waals surface area contributed by atoms with Crippen molar-refractivity contribution in [1.82, 2.24) is 9.97 Å². The number of anilines is 1. The van der Waals surface area contributed by atoms with Crippen LogP contribution >= 0.6 is 0 Å². The summed E-state index contributed by atoms with van der Waals surface area (Å²) in [6.07, 6.45) is 6.07. The molecule has 0 bridgehead atoms. The Labute approximate surface area is 152 Å². The second kappa shape index (κ2) is 8.47. The highest BCUT2D eigenvalue weighted by Gasteiger charge is 2.16. The lowest BCUT2D eigenvalue weighted by Crippen LogP contribution is -2.31. The molecule has 3 rings (SSSR count). The van der Waals surface area contributed by atoms with Gasteiger partial charge >= 0.3 is 7.48 Å². The van der Waals surface area contributed by atoms with E-state index in [4.69, 9.17) is 15.4 Å². The third-order valence-electron chi connectivity index (χ3n) is 4.23. The van der Waals surface area contributed by atoms with Crippen LogP contribution in [0.25, 0.3) is 17.5 Å². The number of nitriles is 1. The molecule has 0 spiro atoms. The molecule has 0 aromatic carbocycles. The molecule has 2 aromatic heterocycles. The number of hydrogen-bond donors (Lipinski definition) is 4. The van der Waals surface area contributed by atoms with Gasteiger partial charge in [0, 0.05) is 43.0 Å². The zero-order valence-electron chi connectivity index (χ0n) is 14.2. The zero-order chi connectivity index (χ0) is 18.4. The van der Waals surface area contributed by atoms with E-state index >= 15 is 0 Å². The molecule has 8 heteroatoms. The number of aromatic nitrogens is 2. The molecule has 2 aromatic rings. The maximum absolute atomic E-state index is 9.47. The highest BCUT2D eigenvalue weighted by Crippen LogP contribution is 2.21. The predicted octanol–water partition coefficient (Wildman–Crippen LogP) is 1.46. The van der Waals surface area contributed by atoms with Gasteiger partial charge in [-0.15, -0.1) is 0 Å². The van der Waals surface area contributed by atoms with Crippen molar-refractivity contribution >= 4 is 30.9 Å². The molecule has 7 nitrogen and oxygen atoms in total. The Balaban J connectivity index is 1.85. The molecule has 1 saturated heterocycles. The maximum Gasteiger partial charge on any atom is 0.330 e. The van der Waals surface area contributed by atoms with Crippen molar-refractivity contribution in [3.05, 3.63) is 35.7 Å². The molecule has 0 saturated carbocycles. The summed E-state index contributed by atoms with van der Waals surface area (Å²) >= 11 is 0. The number of ether oxygens (including phenoxy) is 1. The third-order valence-corrected chi connectivity index (χ3v) is 4.23. The van der Waals surface area contributed by atoms with Gasteiger partial charge in [-0.05, 0) is 42.6 Å². The fourth-order valence-corrected chi connectivity index (χ4v) is 2.82. The Morgan fingerprint density at radius 1 is 1.46 bits per heavy atom. The first-order chi connectivity index (χ1) is 12.7. The van der Waals surface area contributed by atoms with Crippen LogP contribution in [0.15, 0.2) is 30.0 Å². The summed E-state index contributed by atoms with van der Waals surface area (Å²) in [6, 6.07) is 7.83. The van der Waals surface area contributed by atoms with Crippen LogP contribution in [0.2, 0.25) is 0 Å². The summed E-state index contributed by atoms with van der Waals surface area (Å²) in [4.78, 5) is 7.57. The highest BCUT2D eigenvalue weighted by atomic mass is 16.5. The Bertz CT molecular complexity index is 850.